The standard InChI is InChI=1S/C13H10ClN3O2/c14-10-2-1-3-11(7-10)16-17-12-4-5-13(18)9(6-12)8-15-19/h1-8,18-19H. The van der Waals surface area contributed by atoms with Gasteiger partial charge in [-0.25, -0.2) is 0 Å². The van der Waals surface area contributed by atoms with Crippen LogP contribution in [-0.4, -0.2) is 16.5 Å². The maximum atomic E-state index is 9.50. The lowest BCUT2D eigenvalue weighted by Gasteiger charge is -1.99. The maximum absolute atomic E-state index is 9.50. The molecule has 0 amide bonds. The molecule has 0 bridgehead atoms. The number of nitrogens with zero attached hydrogens (tertiary/aromatic N) is 3. The van der Waals surface area contributed by atoms with Gasteiger partial charge in [0.2, 0.25) is 0 Å². The van der Waals surface area contributed by atoms with E-state index in [-0.39, 0.29) is 5.75 Å². The lowest BCUT2D eigenvalue weighted by molar-refractivity contribution is 0.321. The number of phenolic OH excluding ortho intramolecular Hbond substituents is 1. The molecule has 0 unspecified atom stereocenters. The summed E-state index contributed by atoms with van der Waals surface area (Å²) in [6, 6.07) is 11.6. The summed E-state index contributed by atoms with van der Waals surface area (Å²) in [5, 5.41) is 29.4. The van der Waals surface area contributed by atoms with Gasteiger partial charge in [-0.15, -0.1) is 0 Å². The summed E-state index contributed by atoms with van der Waals surface area (Å²) in [7, 11) is 0. The first kappa shape index (κ1) is 13.0. The Bertz CT molecular complexity index is 642. The highest BCUT2D eigenvalue weighted by atomic mass is 35.5. The Morgan fingerprint density at radius 3 is 2.42 bits per heavy atom. The molecule has 0 saturated heterocycles. The van der Waals surface area contributed by atoms with E-state index >= 15 is 0 Å². The molecule has 0 heterocycles. The molecule has 5 nitrogen and oxygen atoms in total. The predicted octanol–water partition coefficient (Wildman–Crippen LogP) is 4.27. The van der Waals surface area contributed by atoms with Gasteiger partial charge in [-0.1, -0.05) is 22.8 Å². The lowest BCUT2D eigenvalue weighted by atomic mass is 10.2. The van der Waals surface area contributed by atoms with Crippen LogP contribution in [-0.2, 0) is 0 Å². The third-order valence-electron chi connectivity index (χ3n) is 2.30. The van der Waals surface area contributed by atoms with Crippen LogP contribution in [0.1, 0.15) is 5.56 Å². The third-order valence-corrected chi connectivity index (χ3v) is 2.53. The van der Waals surface area contributed by atoms with Crippen LogP contribution < -0.4 is 0 Å². The molecule has 19 heavy (non-hydrogen) atoms. The van der Waals surface area contributed by atoms with Gasteiger partial charge in [0.05, 0.1) is 17.6 Å². The van der Waals surface area contributed by atoms with Crippen molar-refractivity contribution in [2.75, 3.05) is 0 Å². The number of halogens is 1. The van der Waals surface area contributed by atoms with Crippen molar-refractivity contribution in [3.63, 3.8) is 0 Å². The number of phenols is 1. The van der Waals surface area contributed by atoms with Gasteiger partial charge in [-0.2, -0.15) is 10.2 Å². The van der Waals surface area contributed by atoms with Crippen LogP contribution in [0.3, 0.4) is 0 Å². The smallest absolute Gasteiger partial charge is 0.124 e. The topological polar surface area (TPSA) is 77.5 Å². The summed E-state index contributed by atoms with van der Waals surface area (Å²) < 4.78 is 0. The minimum absolute atomic E-state index is 0.000458. The molecule has 2 rings (SSSR count). The van der Waals surface area contributed by atoms with Crippen molar-refractivity contribution in [2.24, 2.45) is 15.4 Å². The maximum Gasteiger partial charge on any atom is 0.124 e. The first-order valence-corrected chi connectivity index (χ1v) is 5.74. The van der Waals surface area contributed by atoms with Gasteiger partial charge in [0, 0.05) is 10.6 Å². The van der Waals surface area contributed by atoms with Crippen LogP contribution in [0.2, 0.25) is 5.02 Å². The molecule has 0 aliphatic rings. The van der Waals surface area contributed by atoms with Crippen molar-refractivity contribution in [3.8, 4) is 5.75 Å². The van der Waals surface area contributed by atoms with Crippen LogP contribution in [0.4, 0.5) is 11.4 Å². The van der Waals surface area contributed by atoms with Crippen molar-refractivity contribution >= 4 is 29.2 Å². The van der Waals surface area contributed by atoms with E-state index in [2.05, 4.69) is 15.4 Å². The van der Waals surface area contributed by atoms with E-state index in [9.17, 15) is 5.11 Å². The van der Waals surface area contributed by atoms with Crippen LogP contribution in [0.25, 0.3) is 0 Å². The molecular formula is C13H10ClN3O2. The van der Waals surface area contributed by atoms with Crippen LogP contribution in [0.5, 0.6) is 5.75 Å². The summed E-state index contributed by atoms with van der Waals surface area (Å²) in [5.41, 5.74) is 1.50. The van der Waals surface area contributed by atoms with Gasteiger partial charge in [-0.05, 0) is 36.4 Å². The largest absolute Gasteiger partial charge is 0.507 e. The number of benzene rings is 2. The summed E-state index contributed by atoms with van der Waals surface area (Å²) >= 11 is 5.83. The Hall–Kier alpha value is -2.40. The van der Waals surface area contributed by atoms with Gasteiger partial charge in [0.1, 0.15) is 5.75 Å². The molecule has 2 aromatic rings. The fourth-order valence-electron chi connectivity index (χ4n) is 1.42. The zero-order valence-corrected chi connectivity index (χ0v) is 10.5. The number of aromatic hydroxyl groups is 1. The number of hydrogen-bond acceptors (Lipinski definition) is 5. The SMILES string of the molecule is ON=Cc1cc(N=Nc2cccc(Cl)c2)ccc1O. The van der Waals surface area contributed by atoms with Crippen LogP contribution in [0.15, 0.2) is 57.8 Å². The molecular weight excluding hydrogens is 266 g/mol. The van der Waals surface area contributed by atoms with Gasteiger partial charge in [0.25, 0.3) is 0 Å². The number of rotatable bonds is 3. The van der Waals surface area contributed by atoms with Crippen molar-refractivity contribution < 1.29 is 10.3 Å². The molecule has 96 valence electrons. The Kier molecular flexibility index (Phi) is 4.10. The second-order valence-corrected chi connectivity index (χ2v) is 4.10. The second-order valence-electron chi connectivity index (χ2n) is 3.67. The summed E-state index contributed by atoms with van der Waals surface area (Å²) in [4.78, 5) is 0. The van der Waals surface area contributed by atoms with Crippen LogP contribution in [0, 0.1) is 0 Å². The van der Waals surface area contributed by atoms with E-state index in [1.165, 1.54) is 6.07 Å². The molecule has 2 N–H and O–H groups in total. The van der Waals surface area contributed by atoms with E-state index in [0.29, 0.717) is 22.0 Å². The highest BCUT2D eigenvalue weighted by molar-refractivity contribution is 6.30. The predicted molar refractivity (Wildman–Crippen MR) is 73.1 cm³/mol. The number of azo groups is 1. The quantitative estimate of drug-likeness (QED) is 0.380. The van der Waals surface area contributed by atoms with Crippen molar-refractivity contribution in [1.82, 2.24) is 0 Å². The minimum atomic E-state index is -0.000458. The molecule has 0 aliphatic carbocycles. The van der Waals surface area contributed by atoms with E-state index in [4.69, 9.17) is 16.8 Å². The molecule has 0 radical (unpaired) electrons. The van der Waals surface area contributed by atoms with E-state index in [1.807, 2.05) is 0 Å². The average Bonchev–Trinajstić information content (AvgIpc) is 2.40. The zero-order valence-electron chi connectivity index (χ0n) is 9.73. The van der Waals surface area contributed by atoms with Gasteiger partial charge >= 0.3 is 0 Å². The molecule has 0 aromatic heterocycles. The molecule has 0 saturated carbocycles. The Balaban J connectivity index is 2.26. The average molecular weight is 276 g/mol. The normalized spacial score (nSPS) is 11.4. The van der Waals surface area contributed by atoms with E-state index in [1.54, 1.807) is 36.4 Å². The van der Waals surface area contributed by atoms with Gasteiger partial charge in [0.15, 0.2) is 0 Å². The monoisotopic (exact) mass is 275 g/mol. The molecule has 0 fully saturated rings. The summed E-state index contributed by atoms with van der Waals surface area (Å²) in [5.74, 6) is -0.000458. The highest BCUT2D eigenvalue weighted by Gasteiger charge is 2.00. The minimum Gasteiger partial charge on any atom is -0.507 e. The summed E-state index contributed by atoms with van der Waals surface area (Å²) in [6.45, 7) is 0. The van der Waals surface area contributed by atoms with Crippen molar-refractivity contribution in [2.45, 2.75) is 0 Å². The Labute approximate surface area is 114 Å². The van der Waals surface area contributed by atoms with Crippen LogP contribution >= 0.6 is 11.6 Å². The van der Waals surface area contributed by atoms with E-state index in [0.717, 1.165) is 6.21 Å². The number of hydrogen-bond donors (Lipinski definition) is 2. The first-order valence-electron chi connectivity index (χ1n) is 5.37. The van der Waals surface area contributed by atoms with Crippen molar-refractivity contribution in [3.05, 3.63) is 53.1 Å². The molecule has 6 heteroatoms. The first-order chi connectivity index (χ1) is 9.19. The third kappa shape index (κ3) is 3.53. The van der Waals surface area contributed by atoms with Gasteiger partial charge in [-0.3, -0.25) is 0 Å². The fraction of sp³-hybridized carbons (Fsp3) is 0. The molecule has 2 aromatic carbocycles. The molecule has 0 atom stereocenters. The van der Waals surface area contributed by atoms with Crippen molar-refractivity contribution in [1.29, 1.82) is 0 Å². The molecule has 0 spiro atoms. The summed E-state index contributed by atoms with van der Waals surface area (Å²) in [6.07, 6.45) is 1.12. The fourth-order valence-corrected chi connectivity index (χ4v) is 1.61. The highest BCUT2D eigenvalue weighted by Crippen LogP contribution is 2.25. The second kappa shape index (κ2) is 5.97. The lowest BCUT2D eigenvalue weighted by Crippen LogP contribution is -1.81. The molecule has 0 aliphatic heterocycles. The number of oxime groups is 1. The Morgan fingerprint density at radius 2 is 1.74 bits per heavy atom. The van der Waals surface area contributed by atoms with Gasteiger partial charge < -0.3 is 10.3 Å². The Morgan fingerprint density at radius 1 is 1.00 bits per heavy atom. The zero-order chi connectivity index (χ0) is 13.7. The van der Waals surface area contributed by atoms with E-state index < -0.39 is 0 Å².